The van der Waals surface area contributed by atoms with Crippen molar-refractivity contribution in [2.24, 2.45) is 0 Å². The number of halogens is 1. The summed E-state index contributed by atoms with van der Waals surface area (Å²) in [4.78, 5) is 12.6. The van der Waals surface area contributed by atoms with Crippen LogP contribution in [0.1, 0.15) is 34.2 Å². The molecule has 1 N–H and O–H groups in total. The summed E-state index contributed by atoms with van der Waals surface area (Å²) in [6, 6.07) is 7.17. The second kappa shape index (κ2) is 9.27. The van der Waals surface area contributed by atoms with Crippen LogP contribution in [0.4, 0.5) is 5.69 Å². The molecular formula is C22H24ClN7O2. The van der Waals surface area contributed by atoms with Crippen molar-refractivity contribution in [3.05, 3.63) is 76.6 Å². The first-order valence-electron chi connectivity index (χ1n) is 10.2. The Morgan fingerprint density at radius 2 is 2.00 bits per heavy atom. The van der Waals surface area contributed by atoms with Gasteiger partial charge >= 0.3 is 0 Å². The van der Waals surface area contributed by atoms with Crippen molar-refractivity contribution in [1.29, 1.82) is 0 Å². The van der Waals surface area contributed by atoms with Crippen molar-refractivity contribution in [1.82, 2.24) is 29.3 Å². The Kier molecular flexibility index (Phi) is 6.27. The molecule has 3 aromatic heterocycles. The van der Waals surface area contributed by atoms with Gasteiger partial charge in [-0.1, -0.05) is 17.7 Å². The summed E-state index contributed by atoms with van der Waals surface area (Å²) in [5, 5.41) is 16.3. The number of ether oxygens (including phenoxy) is 1. The maximum absolute atomic E-state index is 12.6. The summed E-state index contributed by atoms with van der Waals surface area (Å²) in [5.41, 5.74) is 4.10. The van der Waals surface area contributed by atoms with E-state index < -0.39 is 0 Å². The number of carbonyl (C=O) groups is 1. The van der Waals surface area contributed by atoms with Crippen LogP contribution in [-0.4, -0.2) is 35.2 Å². The SMILES string of the molecule is CCn1ncc(Cn2cc(NC(=O)c3ccn(COc4cc(C)ccc4Cl)n3)cn2)c1C. The van der Waals surface area contributed by atoms with Gasteiger partial charge in [-0.25, -0.2) is 4.68 Å². The molecule has 10 heteroatoms. The minimum Gasteiger partial charge on any atom is -0.470 e. The van der Waals surface area contributed by atoms with Crippen molar-refractivity contribution in [2.45, 2.75) is 40.6 Å². The second-order valence-corrected chi connectivity index (χ2v) is 7.81. The smallest absolute Gasteiger partial charge is 0.276 e. The van der Waals surface area contributed by atoms with Crippen LogP contribution in [0.15, 0.2) is 49.1 Å². The van der Waals surface area contributed by atoms with E-state index in [1.165, 1.54) is 4.68 Å². The fourth-order valence-electron chi connectivity index (χ4n) is 3.26. The highest BCUT2D eigenvalue weighted by Crippen LogP contribution is 2.25. The highest BCUT2D eigenvalue weighted by molar-refractivity contribution is 6.32. The number of amides is 1. The summed E-state index contributed by atoms with van der Waals surface area (Å²) < 4.78 is 10.9. The molecule has 0 aliphatic rings. The third kappa shape index (κ3) is 4.83. The summed E-state index contributed by atoms with van der Waals surface area (Å²) >= 11 is 6.15. The Morgan fingerprint density at radius 3 is 2.78 bits per heavy atom. The lowest BCUT2D eigenvalue weighted by Crippen LogP contribution is -2.14. The van der Waals surface area contributed by atoms with Gasteiger partial charge in [0.15, 0.2) is 12.4 Å². The number of aryl methyl sites for hydroxylation is 2. The van der Waals surface area contributed by atoms with E-state index in [4.69, 9.17) is 16.3 Å². The number of nitrogens with zero attached hydrogens (tertiary/aromatic N) is 6. The molecular weight excluding hydrogens is 430 g/mol. The average Bonchev–Trinajstić information content (AvgIpc) is 3.50. The molecule has 0 spiro atoms. The molecule has 0 atom stereocenters. The highest BCUT2D eigenvalue weighted by atomic mass is 35.5. The minimum atomic E-state index is -0.327. The van der Waals surface area contributed by atoms with Gasteiger partial charge in [0.1, 0.15) is 5.75 Å². The Labute approximate surface area is 190 Å². The molecule has 0 saturated heterocycles. The number of rotatable bonds is 8. The standard InChI is InChI=1S/C22H24ClN7O2/c1-4-30-16(3)17(10-25-30)12-29-13-18(11-24-29)26-22(31)20-7-8-28(27-20)14-32-21-9-15(2)5-6-19(21)23/h5-11,13H,4,12,14H2,1-3H3,(H,26,31). The first-order valence-corrected chi connectivity index (χ1v) is 10.6. The van der Waals surface area contributed by atoms with E-state index in [-0.39, 0.29) is 18.3 Å². The van der Waals surface area contributed by atoms with E-state index in [2.05, 4.69) is 27.5 Å². The molecule has 0 saturated carbocycles. The molecule has 0 unspecified atom stereocenters. The summed E-state index contributed by atoms with van der Waals surface area (Å²) in [6.07, 6.45) is 6.91. The van der Waals surface area contributed by atoms with Crippen molar-refractivity contribution in [3.8, 4) is 5.75 Å². The van der Waals surface area contributed by atoms with Crippen molar-refractivity contribution in [3.63, 3.8) is 0 Å². The number of nitrogens with one attached hydrogen (secondary N) is 1. The van der Waals surface area contributed by atoms with Crippen LogP contribution < -0.4 is 10.1 Å². The van der Waals surface area contributed by atoms with Crippen molar-refractivity contribution >= 4 is 23.2 Å². The molecule has 0 aliphatic carbocycles. The van der Waals surface area contributed by atoms with E-state index in [0.717, 1.165) is 23.4 Å². The predicted molar refractivity (Wildman–Crippen MR) is 121 cm³/mol. The predicted octanol–water partition coefficient (Wildman–Crippen LogP) is 3.90. The molecule has 1 aromatic carbocycles. The first-order chi connectivity index (χ1) is 15.4. The van der Waals surface area contributed by atoms with Crippen LogP contribution >= 0.6 is 11.6 Å². The first kappa shape index (κ1) is 21.6. The van der Waals surface area contributed by atoms with E-state index >= 15 is 0 Å². The Bertz CT molecular complexity index is 1240. The number of aromatic nitrogens is 6. The van der Waals surface area contributed by atoms with Crippen molar-refractivity contribution < 1.29 is 9.53 Å². The van der Waals surface area contributed by atoms with E-state index in [1.807, 2.05) is 36.9 Å². The normalized spacial score (nSPS) is 11.0. The van der Waals surface area contributed by atoms with Gasteiger partial charge in [0.25, 0.3) is 5.91 Å². The monoisotopic (exact) mass is 453 g/mol. The molecule has 0 fully saturated rings. The number of hydrogen-bond acceptors (Lipinski definition) is 5. The molecule has 32 heavy (non-hydrogen) atoms. The van der Waals surface area contributed by atoms with Gasteiger partial charge in [0.2, 0.25) is 0 Å². The van der Waals surface area contributed by atoms with Crippen molar-refractivity contribution in [2.75, 3.05) is 5.32 Å². The van der Waals surface area contributed by atoms with Gasteiger partial charge in [0.05, 0.1) is 29.6 Å². The molecule has 166 valence electrons. The topological polar surface area (TPSA) is 91.8 Å². The zero-order valence-electron chi connectivity index (χ0n) is 18.1. The molecule has 0 radical (unpaired) electrons. The van der Waals surface area contributed by atoms with Gasteiger partial charge in [-0.05, 0) is 44.5 Å². The van der Waals surface area contributed by atoms with Gasteiger partial charge in [-0.3, -0.25) is 14.2 Å². The average molecular weight is 454 g/mol. The Hall–Kier alpha value is -3.59. The highest BCUT2D eigenvalue weighted by Gasteiger charge is 2.13. The summed E-state index contributed by atoms with van der Waals surface area (Å²) in [5.74, 6) is 0.243. The molecule has 3 heterocycles. The number of carbonyl (C=O) groups excluding carboxylic acids is 1. The van der Waals surface area contributed by atoms with E-state index in [1.54, 1.807) is 35.4 Å². The lowest BCUT2D eigenvalue weighted by atomic mass is 10.2. The van der Waals surface area contributed by atoms with Crippen LogP contribution in [0.25, 0.3) is 0 Å². The number of benzene rings is 1. The fourth-order valence-corrected chi connectivity index (χ4v) is 3.43. The van der Waals surface area contributed by atoms with Crippen LogP contribution in [0.3, 0.4) is 0 Å². The zero-order chi connectivity index (χ0) is 22.7. The number of hydrogen-bond donors (Lipinski definition) is 1. The molecule has 9 nitrogen and oxygen atoms in total. The van der Waals surface area contributed by atoms with Gasteiger partial charge in [-0.15, -0.1) is 0 Å². The quantitative estimate of drug-likeness (QED) is 0.436. The second-order valence-electron chi connectivity index (χ2n) is 7.40. The number of anilines is 1. The molecule has 0 aliphatic heterocycles. The lowest BCUT2D eigenvalue weighted by molar-refractivity contribution is 0.102. The van der Waals surface area contributed by atoms with Crippen LogP contribution in [0, 0.1) is 13.8 Å². The largest absolute Gasteiger partial charge is 0.470 e. The zero-order valence-corrected chi connectivity index (χ0v) is 18.9. The van der Waals surface area contributed by atoms with Gasteiger partial charge in [-0.2, -0.15) is 15.3 Å². The molecule has 1 amide bonds. The van der Waals surface area contributed by atoms with Crippen LogP contribution in [-0.2, 0) is 19.8 Å². The van der Waals surface area contributed by atoms with E-state index in [0.29, 0.717) is 23.0 Å². The van der Waals surface area contributed by atoms with E-state index in [9.17, 15) is 4.79 Å². The maximum Gasteiger partial charge on any atom is 0.276 e. The summed E-state index contributed by atoms with van der Waals surface area (Å²) in [7, 11) is 0. The molecule has 4 aromatic rings. The van der Waals surface area contributed by atoms with Gasteiger partial charge in [0, 0.05) is 30.2 Å². The Morgan fingerprint density at radius 1 is 1.16 bits per heavy atom. The maximum atomic E-state index is 12.6. The summed E-state index contributed by atoms with van der Waals surface area (Å²) in [6.45, 7) is 7.58. The minimum absolute atomic E-state index is 0.138. The third-order valence-corrected chi connectivity index (χ3v) is 5.35. The Balaban J connectivity index is 1.35. The van der Waals surface area contributed by atoms with Gasteiger partial charge < -0.3 is 10.1 Å². The third-order valence-electron chi connectivity index (χ3n) is 5.04. The molecule has 0 bridgehead atoms. The molecule has 4 rings (SSSR count). The van der Waals surface area contributed by atoms with Crippen LogP contribution in [0.5, 0.6) is 5.75 Å². The fraction of sp³-hybridized carbons (Fsp3) is 0.273. The lowest BCUT2D eigenvalue weighted by Gasteiger charge is -2.08. The van der Waals surface area contributed by atoms with Crippen LogP contribution in [0.2, 0.25) is 5.02 Å².